The third kappa shape index (κ3) is 4.31. The van der Waals surface area contributed by atoms with Gasteiger partial charge in [0.15, 0.2) is 0 Å². The van der Waals surface area contributed by atoms with Gasteiger partial charge in [0, 0.05) is 43.2 Å². The Morgan fingerprint density at radius 1 is 1.27 bits per heavy atom. The Hall–Kier alpha value is -2.63. The minimum Gasteiger partial charge on any atom is -0.490 e. The highest BCUT2D eigenvalue weighted by molar-refractivity contribution is 5.74. The van der Waals surface area contributed by atoms with E-state index in [2.05, 4.69) is 34.4 Å². The molecule has 0 radical (unpaired) electrons. The summed E-state index contributed by atoms with van der Waals surface area (Å²) in [5.41, 5.74) is 1.65. The van der Waals surface area contributed by atoms with Crippen molar-refractivity contribution in [3.8, 4) is 5.75 Å². The van der Waals surface area contributed by atoms with Crippen molar-refractivity contribution in [1.29, 1.82) is 0 Å². The summed E-state index contributed by atoms with van der Waals surface area (Å²) >= 11 is 0. The van der Waals surface area contributed by atoms with Crippen LogP contribution < -0.4 is 15.4 Å². The predicted octanol–water partition coefficient (Wildman–Crippen LogP) is 2.87. The number of nitrogens with one attached hydrogen (secondary N) is 2. The van der Waals surface area contributed by atoms with Crippen LogP contribution in [0.25, 0.3) is 0 Å². The van der Waals surface area contributed by atoms with Crippen LogP contribution in [-0.2, 0) is 6.42 Å². The van der Waals surface area contributed by atoms with E-state index in [1.54, 1.807) is 12.4 Å². The SMILES string of the molecule is Cc1cncc(CCNC(=O)N[C@H]2C[C@@H](Oc3ccccc3)C2(C)C)n1. The lowest BCUT2D eigenvalue weighted by molar-refractivity contribution is -0.0500. The maximum Gasteiger partial charge on any atom is 0.315 e. The summed E-state index contributed by atoms with van der Waals surface area (Å²) in [6.45, 7) is 6.68. The molecular formula is C20H26N4O2. The first kappa shape index (κ1) is 18.2. The molecule has 2 atom stereocenters. The molecule has 1 aromatic heterocycles. The van der Waals surface area contributed by atoms with Crippen LogP contribution in [-0.4, -0.2) is 34.7 Å². The monoisotopic (exact) mass is 354 g/mol. The Balaban J connectivity index is 1.42. The zero-order valence-corrected chi connectivity index (χ0v) is 15.5. The molecule has 1 fully saturated rings. The number of urea groups is 1. The number of hydrogen-bond donors (Lipinski definition) is 2. The van der Waals surface area contributed by atoms with Crippen molar-refractivity contribution in [1.82, 2.24) is 20.6 Å². The van der Waals surface area contributed by atoms with E-state index in [0.717, 1.165) is 23.6 Å². The molecule has 1 heterocycles. The Bertz CT molecular complexity index is 748. The van der Waals surface area contributed by atoms with E-state index in [0.29, 0.717) is 13.0 Å². The molecule has 0 aliphatic heterocycles. The molecule has 2 N–H and O–H groups in total. The van der Waals surface area contributed by atoms with Crippen LogP contribution in [0.4, 0.5) is 4.79 Å². The topological polar surface area (TPSA) is 76.1 Å². The lowest BCUT2D eigenvalue weighted by atomic mass is 9.64. The number of aromatic nitrogens is 2. The van der Waals surface area contributed by atoms with Gasteiger partial charge in [-0.3, -0.25) is 9.97 Å². The van der Waals surface area contributed by atoms with Gasteiger partial charge < -0.3 is 15.4 Å². The normalized spacial score (nSPS) is 20.7. The number of carbonyl (C=O) groups excluding carboxylic acids is 1. The molecule has 2 aromatic rings. The average Bonchev–Trinajstić information content (AvgIpc) is 2.62. The van der Waals surface area contributed by atoms with E-state index >= 15 is 0 Å². The highest BCUT2D eigenvalue weighted by Crippen LogP contribution is 2.43. The number of ether oxygens (including phenoxy) is 1. The predicted molar refractivity (Wildman–Crippen MR) is 100 cm³/mol. The first-order chi connectivity index (χ1) is 12.4. The molecule has 6 heteroatoms. The van der Waals surface area contributed by atoms with Crippen LogP contribution in [0.5, 0.6) is 5.75 Å². The fourth-order valence-corrected chi connectivity index (χ4v) is 3.14. The quantitative estimate of drug-likeness (QED) is 0.836. The van der Waals surface area contributed by atoms with Gasteiger partial charge in [-0.2, -0.15) is 0 Å². The van der Waals surface area contributed by atoms with Gasteiger partial charge in [-0.05, 0) is 19.1 Å². The summed E-state index contributed by atoms with van der Waals surface area (Å²) in [6.07, 6.45) is 5.01. The van der Waals surface area contributed by atoms with Gasteiger partial charge in [0.25, 0.3) is 0 Å². The highest BCUT2D eigenvalue weighted by Gasteiger charge is 2.50. The zero-order chi connectivity index (χ0) is 18.6. The second-order valence-electron chi connectivity index (χ2n) is 7.33. The number of amides is 2. The van der Waals surface area contributed by atoms with Gasteiger partial charge >= 0.3 is 6.03 Å². The van der Waals surface area contributed by atoms with Gasteiger partial charge in [0.1, 0.15) is 11.9 Å². The molecule has 1 aliphatic carbocycles. The molecule has 0 saturated heterocycles. The van der Waals surface area contributed by atoms with E-state index < -0.39 is 0 Å². The maximum absolute atomic E-state index is 12.2. The Morgan fingerprint density at radius 3 is 2.73 bits per heavy atom. The number of aryl methyl sites for hydroxylation is 1. The summed E-state index contributed by atoms with van der Waals surface area (Å²) < 4.78 is 6.04. The fraction of sp³-hybridized carbons (Fsp3) is 0.450. The standard InChI is InChI=1S/C20H26N4O2/c1-14-12-21-13-15(23-14)9-10-22-19(25)24-17-11-18(20(17,2)3)26-16-7-5-4-6-8-16/h4-8,12-13,17-18H,9-11H2,1-3H3,(H2,22,24,25)/t17-,18+/m0/s1. The van der Waals surface area contributed by atoms with Crippen molar-refractivity contribution in [3.63, 3.8) is 0 Å². The van der Waals surface area contributed by atoms with E-state index in [9.17, 15) is 4.79 Å². The number of benzene rings is 1. The minimum absolute atomic E-state index is 0.0926. The average molecular weight is 354 g/mol. The van der Waals surface area contributed by atoms with Crippen LogP contribution in [0.3, 0.4) is 0 Å². The number of hydrogen-bond acceptors (Lipinski definition) is 4. The molecule has 0 unspecified atom stereocenters. The molecule has 1 aromatic carbocycles. The largest absolute Gasteiger partial charge is 0.490 e. The molecule has 138 valence electrons. The third-order valence-corrected chi connectivity index (χ3v) is 4.98. The van der Waals surface area contributed by atoms with Crippen LogP contribution in [0.1, 0.15) is 31.7 Å². The highest BCUT2D eigenvalue weighted by atomic mass is 16.5. The van der Waals surface area contributed by atoms with Crippen molar-refractivity contribution >= 4 is 6.03 Å². The lowest BCUT2D eigenvalue weighted by Gasteiger charge is -2.51. The van der Waals surface area contributed by atoms with Gasteiger partial charge in [0.05, 0.1) is 11.4 Å². The summed E-state index contributed by atoms with van der Waals surface area (Å²) in [6, 6.07) is 9.74. The molecule has 6 nitrogen and oxygen atoms in total. The third-order valence-electron chi connectivity index (χ3n) is 4.98. The fourth-order valence-electron chi connectivity index (χ4n) is 3.14. The summed E-state index contributed by atoms with van der Waals surface area (Å²) in [7, 11) is 0. The van der Waals surface area contributed by atoms with Crippen molar-refractivity contribution in [2.45, 2.75) is 45.8 Å². The summed E-state index contributed by atoms with van der Waals surface area (Å²) in [5.74, 6) is 0.868. The van der Waals surface area contributed by atoms with E-state index in [1.165, 1.54) is 0 Å². The number of nitrogens with zero attached hydrogens (tertiary/aromatic N) is 2. The van der Waals surface area contributed by atoms with E-state index in [4.69, 9.17) is 4.74 Å². The van der Waals surface area contributed by atoms with Crippen molar-refractivity contribution in [3.05, 3.63) is 54.1 Å². The molecule has 0 bridgehead atoms. The van der Waals surface area contributed by atoms with Crippen LogP contribution in [0.2, 0.25) is 0 Å². The van der Waals surface area contributed by atoms with Crippen LogP contribution in [0, 0.1) is 12.3 Å². The number of rotatable bonds is 6. The van der Waals surface area contributed by atoms with Crippen molar-refractivity contribution in [2.75, 3.05) is 6.54 Å². The van der Waals surface area contributed by atoms with Crippen LogP contribution >= 0.6 is 0 Å². The van der Waals surface area contributed by atoms with E-state index in [1.807, 2.05) is 37.3 Å². The minimum atomic E-state index is -0.151. The maximum atomic E-state index is 12.2. The van der Waals surface area contributed by atoms with Crippen molar-refractivity contribution in [2.24, 2.45) is 5.41 Å². The lowest BCUT2D eigenvalue weighted by Crippen LogP contribution is -2.64. The Labute approximate surface area is 154 Å². The molecule has 1 saturated carbocycles. The Morgan fingerprint density at radius 2 is 2.04 bits per heavy atom. The zero-order valence-electron chi connectivity index (χ0n) is 15.5. The molecule has 3 rings (SSSR count). The Kier molecular flexibility index (Phi) is 5.40. The second-order valence-corrected chi connectivity index (χ2v) is 7.33. The first-order valence-electron chi connectivity index (χ1n) is 8.99. The van der Waals surface area contributed by atoms with Gasteiger partial charge in [0.2, 0.25) is 0 Å². The smallest absolute Gasteiger partial charge is 0.315 e. The van der Waals surface area contributed by atoms with Crippen molar-refractivity contribution < 1.29 is 9.53 Å². The molecule has 1 aliphatic rings. The van der Waals surface area contributed by atoms with Crippen LogP contribution in [0.15, 0.2) is 42.7 Å². The molecule has 2 amide bonds. The molecule has 26 heavy (non-hydrogen) atoms. The molecular weight excluding hydrogens is 328 g/mol. The number of carbonyl (C=O) groups is 1. The molecule has 0 spiro atoms. The first-order valence-corrected chi connectivity index (χ1v) is 8.99. The summed E-state index contributed by atoms with van der Waals surface area (Å²) in [4.78, 5) is 20.6. The second kappa shape index (κ2) is 7.72. The van der Waals surface area contributed by atoms with E-state index in [-0.39, 0.29) is 23.6 Å². The number of para-hydroxylation sites is 1. The van der Waals surface area contributed by atoms with Gasteiger partial charge in [-0.15, -0.1) is 0 Å². The van der Waals surface area contributed by atoms with Gasteiger partial charge in [-0.25, -0.2) is 4.79 Å². The summed E-state index contributed by atoms with van der Waals surface area (Å²) in [5, 5.41) is 5.95. The van der Waals surface area contributed by atoms with Gasteiger partial charge in [-0.1, -0.05) is 32.0 Å².